The molecule has 2 fully saturated rings. The van der Waals surface area contributed by atoms with Crippen molar-refractivity contribution in [3.63, 3.8) is 0 Å². The van der Waals surface area contributed by atoms with Crippen molar-refractivity contribution < 1.29 is 0 Å². The van der Waals surface area contributed by atoms with Crippen LogP contribution in [0.5, 0.6) is 0 Å². The lowest BCUT2D eigenvalue weighted by Crippen LogP contribution is -2.55. The Morgan fingerprint density at radius 1 is 1.38 bits per heavy atom. The zero-order valence-electron chi connectivity index (χ0n) is 15.9. The molecule has 1 spiro atoms. The number of halogens is 1. The first kappa shape index (κ1) is 21.1. The normalized spacial score (nSPS) is 24.6. The van der Waals surface area contributed by atoms with Crippen molar-refractivity contribution in [2.24, 2.45) is 21.9 Å². The molecule has 0 aromatic rings. The van der Waals surface area contributed by atoms with Crippen molar-refractivity contribution in [3.05, 3.63) is 45.6 Å². The van der Waals surface area contributed by atoms with Crippen LogP contribution in [0.2, 0.25) is 0 Å². The Kier molecular flexibility index (Phi) is 7.86. The summed E-state index contributed by atoms with van der Waals surface area (Å²) in [7, 11) is 0. The van der Waals surface area contributed by atoms with E-state index in [2.05, 4.69) is 28.8 Å². The average Bonchev–Trinajstić information content (AvgIpc) is 2.65. The summed E-state index contributed by atoms with van der Waals surface area (Å²) in [6.07, 6.45) is 11.2. The first-order valence-corrected chi connectivity index (χ1v) is 10.5. The van der Waals surface area contributed by atoms with Crippen molar-refractivity contribution in [3.8, 4) is 0 Å². The molecule has 4 N–H and O–H groups in total. The second kappa shape index (κ2) is 9.67. The number of aliphatic imine (C=N–C) groups is 1. The molecule has 2 aliphatic rings. The monoisotopic (exact) mass is 394 g/mol. The van der Waals surface area contributed by atoms with Gasteiger partial charge in [-0.05, 0) is 50.5 Å². The molecule has 0 amide bonds. The molecule has 0 aromatic heterocycles. The van der Waals surface area contributed by atoms with Gasteiger partial charge in [0.1, 0.15) is 5.82 Å². The third-order valence-electron chi connectivity index (χ3n) is 5.35. The SMILES string of the molecule is C=C/C=C(S/C=C(\N=CCC)N1CCC2(CCC2N)CC1)\C(Cl)=C(/C)N. The maximum Gasteiger partial charge on any atom is 0.134 e. The van der Waals surface area contributed by atoms with Gasteiger partial charge in [-0.2, -0.15) is 0 Å². The Morgan fingerprint density at radius 2 is 2.08 bits per heavy atom. The van der Waals surface area contributed by atoms with Gasteiger partial charge in [0, 0.05) is 41.4 Å². The first-order chi connectivity index (χ1) is 12.4. The molecular weight excluding hydrogens is 364 g/mol. The van der Waals surface area contributed by atoms with Gasteiger partial charge < -0.3 is 16.4 Å². The minimum atomic E-state index is 0.375. The average molecular weight is 395 g/mol. The summed E-state index contributed by atoms with van der Waals surface area (Å²) in [6.45, 7) is 9.65. The molecule has 0 bridgehead atoms. The Bertz CT molecular complexity index is 624. The third kappa shape index (κ3) is 4.96. The predicted molar refractivity (Wildman–Crippen MR) is 116 cm³/mol. The quantitative estimate of drug-likeness (QED) is 0.485. The first-order valence-electron chi connectivity index (χ1n) is 9.28. The number of thioether (sulfide) groups is 1. The Balaban J connectivity index is 2.13. The molecule has 4 nitrogen and oxygen atoms in total. The van der Waals surface area contributed by atoms with E-state index in [1.807, 2.05) is 12.3 Å². The molecule has 1 aliphatic carbocycles. The molecule has 6 heteroatoms. The molecule has 26 heavy (non-hydrogen) atoms. The fourth-order valence-corrected chi connectivity index (χ4v) is 4.55. The maximum atomic E-state index is 6.34. The number of nitrogens with zero attached hydrogens (tertiary/aromatic N) is 2. The van der Waals surface area contributed by atoms with Crippen molar-refractivity contribution >= 4 is 29.6 Å². The van der Waals surface area contributed by atoms with Gasteiger partial charge in [-0.15, -0.1) is 0 Å². The van der Waals surface area contributed by atoms with E-state index >= 15 is 0 Å². The van der Waals surface area contributed by atoms with Crippen LogP contribution < -0.4 is 11.5 Å². The Hall–Kier alpha value is -1.17. The highest BCUT2D eigenvalue weighted by Gasteiger charge is 2.46. The minimum Gasteiger partial charge on any atom is -0.401 e. The minimum absolute atomic E-state index is 0.375. The van der Waals surface area contributed by atoms with Gasteiger partial charge in [0.15, 0.2) is 0 Å². The molecule has 1 aliphatic heterocycles. The summed E-state index contributed by atoms with van der Waals surface area (Å²) in [4.78, 5) is 7.91. The third-order valence-corrected chi connectivity index (χ3v) is 6.89. The molecule has 1 heterocycles. The Morgan fingerprint density at radius 3 is 2.54 bits per heavy atom. The molecule has 2 rings (SSSR count). The largest absolute Gasteiger partial charge is 0.401 e. The van der Waals surface area contributed by atoms with Crippen LogP contribution in [0.15, 0.2) is 50.6 Å². The number of allylic oxidation sites excluding steroid dienone is 4. The van der Waals surface area contributed by atoms with E-state index in [0.29, 0.717) is 22.2 Å². The predicted octanol–water partition coefficient (Wildman–Crippen LogP) is 4.70. The number of hydrogen-bond acceptors (Lipinski definition) is 5. The lowest BCUT2D eigenvalue weighted by Gasteiger charge is -2.52. The van der Waals surface area contributed by atoms with Crippen molar-refractivity contribution in [1.82, 2.24) is 4.90 Å². The van der Waals surface area contributed by atoms with E-state index in [0.717, 1.165) is 43.1 Å². The number of hydrogen-bond donors (Lipinski definition) is 2. The smallest absolute Gasteiger partial charge is 0.134 e. The van der Waals surface area contributed by atoms with Gasteiger partial charge in [0.05, 0.1) is 5.03 Å². The molecule has 1 saturated heterocycles. The molecule has 0 aromatic carbocycles. The summed E-state index contributed by atoms with van der Waals surface area (Å²) >= 11 is 7.87. The summed E-state index contributed by atoms with van der Waals surface area (Å²) in [5, 5.41) is 2.62. The highest BCUT2D eigenvalue weighted by atomic mass is 35.5. The number of rotatable bonds is 7. The van der Waals surface area contributed by atoms with Gasteiger partial charge in [-0.1, -0.05) is 42.9 Å². The summed E-state index contributed by atoms with van der Waals surface area (Å²) in [6, 6.07) is 0.379. The molecule has 1 unspecified atom stereocenters. The van der Waals surface area contributed by atoms with Gasteiger partial charge in [-0.3, -0.25) is 0 Å². The molecular formula is C20H31ClN4S. The van der Waals surface area contributed by atoms with Crippen LogP contribution in [0, 0.1) is 5.41 Å². The highest BCUT2D eigenvalue weighted by Crippen LogP contribution is 2.48. The van der Waals surface area contributed by atoms with E-state index < -0.39 is 0 Å². The zero-order valence-corrected chi connectivity index (χ0v) is 17.5. The Labute approximate surface area is 167 Å². The van der Waals surface area contributed by atoms with Crippen molar-refractivity contribution in [2.45, 2.75) is 52.0 Å². The summed E-state index contributed by atoms with van der Waals surface area (Å²) in [5.74, 6) is 0.980. The highest BCUT2D eigenvalue weighted by molar-refractivity contribution is 8.06. The van der Waals surface area contributed by atoms with E-state index in [-0.39, 0.29) is 0 Å². The van der Waals surface area contributed by atoms with E-state index in [4.69, 9.17) is 23.1 Å². The van der Waals surface area contributed by atoms with Crippen LogP contribution in [0.1, 0.15) is 46.0 Å². The van der Waals surface area contributed by atoms with Crippen molar-refractivity contribution in [2.75, 3.05) is 13.1 Å². The fourth-order valence-electron chi connectivity index (χ4n) is 3.47. The van der Waals surface area contributed by atoms with Crippen LogP contribution >= 0.6 is 23.4 Å². The molecule has 1 saturated carbocycles. The van der Waals surface area contributed by atoms with E-state index in [9.17, 15) is 0 Å². The fraction of sp³-hybridized carbons (Fsp3) is 0.550. The summed E-state index contributed by atoms with van der Waals surface area (Å²) < 4.78 is 0. The van der Waals surface area contributed by atoms with Gasteiger partial charge in [0.2, 0.25) is 0 Å². The molecule has 144 valence electrons. The number of likely N-dealkylation sites (tertiary alicyclic amines) is 1. The van der Waals surface area contributed by atoms with Gasteiger partial charge in [0.25, 0.3) is 0 Å². The number of nitrogens with two attached hydrogens (primary N) is 2. The number of piperidine rings is 1. The molecule has 0 radical (unpaired) electrons. The van der Waals surface area contributed by atoms with Crippen LogP contribution in [-0.4, -0.2) is 30.2 Å². The summed E-state index contributed by atoms with van der Waals surface area (Å²) in [5.41, 5.74) is 13.1. The van der Waals surface area contributed by atoms with Crippen LogP contribution in [0.4, 0.5) is 0 Å². The second-order valence-corrected chi connectivity index (χ2v) is 8.36. The van der Waals surface area contributed by atoms with E-state index in [1.54, 1.807) is 13.0 Å². The van der Waals surface area contributed by atoms with Gasteiger partial charge >= 0.3 is 0 Å². The van der Waals surface area contributed by atoms with E-state index in [1.165, 1.54) is 24.6 Å². The van der Waals surface area contributed by atoms with Crippen LogP contribution in [0.3, 0.4) is 0 Å². The lowest BCUT2D eigenvalue weighted by atomic mass is 9.60. The van der Waals surface area contributed by atoms with Crippen molar-refractivity contribution in [1.29, 1.82) is 0 Å². The second-order valence-electron chi connectivity index (χ2n) is 7.07. The topological polar surface area (TPSA) is 67.6 Å². The standard InChI is InChI=1S/C20H31ClN4S/c1-4-6-16(19(21)15(3)22)26-14-18(24-11-5-2)25-12-9-20(10-13-25)8-7-17(20)23/h4,6,11,14,17H,1,5,7-10,12-13,22-23H2,2-3H3/b16-6+,18-14+,19-15-,24-11?. The zero-order chi connectivity index (χ0) is 19.2. The van der Waals surface area contributed by atoms with Crippen LogP contribution in [0.25, 0.3) is 0 Å². The van der Waals surface area contributed by atoms with Gasteiger partial charge in [-0.25, -0.2) is 4.99 Å². The lowest BCUT2D eigenvalue weighted by molar-refractivity contribution is 0.0202. The van der Waals surface area contributed by atoms with Crippen LogP contribution in [-0.2, 0) is 0 Å². The molecule has 1 atom stereocenters. The maximum absolute atomic E-state index is 6.34.